The molecule has 0 atom stereocenters. The Bertz CT molecular complexity index is 1110. The van der Waals surface area contributed by atoms with Gasteiger partial charge in [-0.1, -0.05) is 0 Å². The minimum Gasteiger partial charge on any atom is -0.493 e. The first-order chi connectivity index (χ1) is 16.4. The van der Waals surface area contributed by atoms with E-state index in [0.717, 1.165) is 37.1 Å². The molecule has 0 spiro atoms. The third kappa shape index (κ3) is 4.75. The van der Waals surface area contributed by atoms with Gasteiger partial charge >= 0.3 is 5.97 Å². The summed E-state index contributed by atoms with van der Waals surface area (Å²) in [4.78, 5) is 39.9. The van der Waals surface area contributed by atoms with E-state index in [1.165, 1.54) is 12.1 Å². The van der Waals surface area contributed by atoms with Crippen LogP contribution in [0.4, 0.5) is 11.4 Å². The van der Waals surface area contributed by atoms with Crippen LogP contribution >= 0.6 is 0 Å². The van der Waals surface area contributed by atoms with E-state index in [4.69, 9.17) is 14.2 Å². The quantitative estimate of drug-likeness (QED) is 0.346. The van der Waals surface area contributed by atoms with Crippen LogP contribution in [0.5, 0.6) is 11.5 Å². The zero-order valence-corrected chi connectivity index (χ0v) is 19.2. The van der Waals surface area contributed by atoms with Gasteiger partial charge in [-0.25, -0.2) is 4.79 Å². The van der Waals surface area contributed by atoms with Crippen LogP contribution in [0.3, 0.4) is 0 Å². The van der Waals surface area contributed by atoms with Crippen molar-refractivity contribution in [1.82, 2.24) is 4.90 Å². The third-order valence-corrected chi connectivity index (χ3v) is 6.25. The number of hydrogen-bond donors (Lipinski definition) is 0. The Balaban J connectivity index is 1.40. The molecule has 2 aliphatic rings. The van der Waals surface area contributed by atoms with Gasteiger partial charge in [0.25, 0.3) is 11.6 Å². The molecule has 2 aromatic carbocycles. The van der Waals surface area contributed by atoms with E-state index >= 15 is 0 Å². The summed E-state index contributed by atoms with van der Waals surface area (Å²) in [5, 5.41) is 11.6. The zero-order chi connectivity index (χ0) is 24.2. The molecule has 10 heteroatoms. The minimum absolute atomic E-state index is 0.0447. The number of amides is 1. The maximum Gasteiger partial charge on any atom is 0.338 e. The molecule has 0 aromatic heterocycles. The summed E-state index contributed by atoms with van der Waals surface area (Å²) in [6.07, 6.45) is 2.59. The molecule has 4 rings (SSSR count). The van der Waals surface area contributed by atoms with E-state index in [9.17, 15) is 19.7 Å². The van der Waals surface area contributed by atoms with Gasteiger partial charge in [0.05, 0.1) is 24.7 Å². The molecule has 180 valence electrons. The summed E-state index contributed by atoms with van der Waals surface area (Å²) in [6.45, 7) is 1.90. The number of rotatable bonds is 7. The van der Waals surface area contributed by atoms with Crippen molar-refractivity contribution in [2.45, 2.75) is 25.8 Å². The van der Waals surface area contributed by atoms with E-state index in [1.807, 2.05) is 17.0 Å². The minimum atomic E-state index is -0.770. The average Bonchev–Trinajstić information content (AvgIpc) is 3.40. The van der Waals surface area contributed by atoms with E-state index in [0.29, 0.717) is 36.7 Å². The largest absolute Gasteiger partial charge is 0.493 e. The Hall–Kier alpha value is -3.82. The SMILES string of the molecule is COc1cc2c(cc1OC)CN(C(=O)COC(=O)c1ccc(N3CCCC3)c([N+](=O)[O-])c1)CC2. The maximum atomic E-state index is 12.7. The van der Waals surface area contributed by atoms with Crippen LogP contribution in [0.25, 0.3) is 0 Å². The molecule has 2 aliphatic heterocycles. The number of methoxy groups -OCH3 is 2. The highest BCUT2D eigenvalue weighted by Gasteiger charge is 2.26. The summed E-state index contributed by atoms with van der Waals surface area (Å²) in [5.74, 6) is 0.117. The number of anilines is 1. The van der Waals surface area contributed by atoms with Crippen LogP contribution in [0, 0.1) is 10.1 Å². The number of nitro benzene ring substituents is 1. The highest BCUT2D eigenvalue weighted by molar-refractivity contribution is 5.93. The fraction of sp³-hybridized carbons (Fsp3) is 0.417. The van der Waals surface area contributed by atoms with Gasteiger partial charge in [-0.2, -0.15) is 0 Å². The van der Waals surface area contributed by atoms with Gasteiger partial charge in [0, 0.05) is 32.2 Å². The fourth-order valence-electron chi connectivity index (χ4n) is 4.42. The summed E-state index contributed by atoms with van der Waals surface area (Å²) >= 11 is 0. The molecular weight excluding hydrogens is 442 g/mol. The van der Waals surface area contributed by atoms with Gasteiger partial charge in [0.15, 0.2) is 18.1 Å². The van der Waals surface area contributed by atoms with Gasteiger partial charge < -0.3 is 24.0 Å². The smallest absolute Gasteiger partial charge is 0.338 e. The number of esters is 1. The average molecular weight is 469 g/mol. The van der Waals surface area contributed by atoms with Crippen molar-refractivity contribution < 1.29 is 28.7 Å². The van der Waals surface area contributed by atoms with E-state index in [-0.39, 0.29) is 17.2 Å². The molecular formula is C24H27N3O7. The van der Waals surface area contributed by atoms with Gasteiger partial charge in [0.1, 0.15) is 5.69 Å². The zero-order valence-electron chi connectivity index (χ0n) is 19.2. The van der Waals surface area contributed by atoms with Crippen molar-refractivity contribution in [3.63, 3.8) is 0 Å². The molecule has 2 aromatic rings. The van der Waals surface area contributed by atoms with Crippen LogP contribution < -0.4 is 14.4 Å². The lowest BCUT2D eigenvalue weighted by atomic mass is 9.99. The second kappa shape index (κ2) is 9.98. The van der Waals surface area contributed by atoms with Crippen LogP contribution in [0.15, 0.2) is 30.3 Å². The Morgan fingerprint density at radius 2 is 1.68 bits per heavy atom. The fourth-order valence-corrected chi connectivity index (χ4v) is 4.42. The van der Waals surface area contributed by atoms with Gasteiger partial charge in [0.2, 0.25) is 0 Å². The molecule has 2 heterocycles. The Labute approximate surface area is 197 Å². The molecule has 0 bridgehead atoms. The molecule has 1 amide bonds. The first kappa shape index (κ1) is 23.3. The van der Waals surface area contributed by atoms with Crippen LogP contribution in [0.1, 0.15) is 34.3 Å². The lowest BCUT2D eigenvalue weighted by molar-refractivity contribution is -0.384. The van der Waals surface area contributed by atoms with Gasteiger partial charge in [-0.3, -0.25) is 14.9 Å². The van der Waals surface area contributed by atoms with Crippen molar-refractivity contribution in [2.75, 3.05) is 45.4 Å². The number of hydrogen-bond acceptors (Lipinski definition) is 8. The third-order valence-electron chi connectivity index (χ3n) is 6.25. The summed E-state index contributed by atoms with van der Waals surface area (Å²) < 4.78 is 15.9. The highest BCUT2D eigenvalue weighted by atomic mass is 16.6. The highest BCUT2D eigenvalue weighted by Crippen LogP contribution is 2.34. The van der Waals surface area contributed by atoms with Crippen LogP contribution in [-0.4, -0.2) is 62.2 Å². The standard InChI is InChI=1S/C24H27N3O7/c1-32-21-12-16-7-10-26(14-18(16)13-22(21)33-2)23(28)15-34-24(29)17-5-6-19(20(11-17)27(30)31)25-8-3-4-9-25/h5-6,11-13H,3-4,7-10,14-15H2,1-2H3. The number of nitro groups is 1. The van der Waals surface area contributed by atoms with Gasteiger partial charge in [-0.15, -0.1) is 0 Å². The molecule has 0 unspecified atom stereocenters. The molecule has 0 N–H and O–H groups in total. The molecule has 34 heavy (non-hydrogen) atoms. The van der Waals surface area contributed by atoms with Crippen LogP contribution in [-0.2, 0) is 22.5 Å². The number of carbonyl (C=O) groups is 2. The lowest BCUT2D eigenvalue weighted by Gasteiger charge is -2.29. The molecule has 0 aliphatic carbocycles. The molecule has 0 saturated carbocycles. The number of carbonyl (C=O) groups excluding carboxylic acids is 2. The topological polar surface area (TPSA) is 111 Å². The predicted molar refractivity (Wildman–Crippen MR) is 123 cm³/mol. The summed E-state index contributed by atoms with van der Waals surface area (Å²) in [7, 11) is 3.13. The number of nitrogens with zero attached hydrogens (tertiary/aromatic N) is 3. The lowest BCUT2D eigenvalue weighted by Crippen LogP contribution is -2.38. The Kier molecular flexibility index (Phi) is 6.85. The molecule has 10 nitrogen and oxygen atoms in total. The first-order valence-electron chi connectivity index (χ1n) is 11.1. The molecule has 1 saturated heterocycles. The predicted octanol–water partition coefficient (Wildman–Crippen LogP) is 2.95. The number of ether oxygens (including phenoxy) is 3. The van der Waals surface area contributed by atoms with Crippen molar-refractivity contribution in [2.24, 2.45) is 0 Å². The van der Waals surface area contributed by atoms with E-state index < -0.39 is 17.5 Å². The second-order valence-corrected chi connectivity index (χ2v) is 8.27. The summed E-state index contributed by atoms with van der Waals surface area (Å²) in [5.41, 5.74) is 2.41. The van der Waals surface area contributed by atoms with Crippen molar-refractivity contribution in [3.8, 4) is 11.5 Å². The van der Waals surface area contributed by atoms with Crippen molar-refractivity contribution in [1.29, 1.82) is 0 Å². The molecule has 0 radical (unpaired) electrons. The maximum absolute atomic E-state index is 12.7. The number of benzene rings is 2. The monoisotopic (exact) mass is 469 g/mol. The van der Waals surface area contributed by atoms with Crippen molar-refractivity contribution in [3.05, 3.63) is 57.1 Å². The van der Waals surface area contributed by atoms with Crippen LogP contribution in [0.2, 0.25) is 0 Å². The second-order valence-electron chi connectivity index (χ2n) is 8.27. The van der Waals surface area contributed by atoms with E-state index in [1.54, 1.807) is 25.2 Å². The Morgan fingerprint density at radius 3 is 2.32 bits per heavy atom. The van der Waals surface area contributed by atoms with E-state index in [2.05, 4.69) is 0 Å². The number of fused-ring (bicyclic) bond motifs is 1. The first-order valence-corrected chi connectivity index (χ1v) is 11.1. The normalized spacial score (nSPS) is 15.0. The van der Waals surface area contributed by atoms with Crippen molar-refractivity contribution >= 4 is 23.3 Å². The Morgan fingerprint density at radius 1 is 1.00 bits per heavy atom. The van der Waals surface area contributed by atoms with Gasteiger partial charge in [-0.05, 0) is 54.7 Å². The molecule has 1 fully saturated rings. The summed E-state index contributed by atoms with van der Waals surface area (Å²) in [6, 6.07) is 8.06.